The lowest BCUT2D eigenvalue weighted by Gasteiger charge is -2.17. The molecule has 1 unspecified atom stereocenters. The van der Waals surface area contributed by atoms with Crippen LogP contribution in [0.4, 0.5) is 11.9 Å². The average Bonchev–Trinajstić information content (AvgIpc) is 2.93. The summed E-state index contributed by atoms with van der Waals surface area (Å²) in [5, 5.41) is 12.3. The Morgan fingerprint density at radius 1 is 1.42 bits per heavy atom. The minimum atomic E-state index is 0.208. The summed E-state index contributed by atoms with van der Waals surface area (Å²) in [4.78, 5) is 14.9. The van der Waals surface area contributed by atoms with E-state index in [4.69, 9.17) is 4.74 Å². The highest BCUT2D eigenvalue weighted by molar-refractivity contribution is 5.39. The molecule has 2 rings (SSSR count). The SMILES string of the molecule is CCCNc1nc(OC)nc(N2CCC(CO)C2)n1. The lowest BCUT2D eigenvalue weighted by atomic mass is 10.1. The topological polar surface area (TPSA) is 83.4 Å². The minimum Gasteiger partial charge on any atom is -0.467 e. The number of hydrogen-bond donors (Lipinski definition) is 2. The molecule has 0 amide bonds. The van der Waals surface area contributed by atoms with Crippen LogP contribution in [0.1, 0.15) is 19.8 Å². The molecule has 7 heteroatoms. The summed E-state index contributed by atoms with van der Waals surface area (Å²) in [6.07, 6.45) is 1.96. The van der Waals surface area contributed by atoms with Gasteiger partial charge in [-0.25, -0.2) is 0 Å². The van der Waals surface area contributed by atoms with Crippen molar-refractivity contribution >= 4 is 11.9 Å². The average molecular weight is 267 g/mol. The molecule has 0 aromatic carbocycles. The molecule has 1 aliphatic rings. The van der Waals surface area contributed by atoms with Crippen molar-refractivity contribution < 1.29 is 9.84 Å². The van der Waals surface area contributed by atoms with Gasteiger partial charge in [-0.2, -0.15) is 15.0 Å². The molecule has 1 atom stereocenters. The molecule has 0 bridgehead atoms. The molecule has 1 fully saturated rings. The van der Waals surface area contributed by atoms with Crippen LogP contribution < -0.4 is 15.0 Å². The zero-order valence-corrected chi connectivity index (χ0v) is 11.5. The molecule has 2 N–H and O–H groups in total. The van der Waals surface area contributed by atoms with Crippen LogP contribution >= 0.6 is 0 Å². The first-order chi connectivity index (χ1) is 9.26. The molecular formula is C12H21N5O2. The van der Waals surface area contributed by atoms with Gasteiger partial charge in [-0.1, -0.05) is 6.92 Å². The standard InChI is InChI=1S/C12H21N5O2/c1-3-5-13-10-14-11(16-12(15-10)19-2)17-6-4-9(7-17)8-18/h9,18H,3-8H2,1-2H3,(H,13,14,15,16). The summed E-state index contributed by atoms with van der Waals surface area (Å²) in [5.41, 5.74) is 0. The van der Waals surface area contributed by atoms with E-state index in [1.165, 1.54) is 0 Å². The Morgan fingerprint density at radius 3 is 2.89 bits per heavy atom. The van der Waals surface area contributed by atoms with Gasteiger partial charge in [0.2, 0.25) is 11.9 Å². The van der Waals surface area contributed by atoms with Gasteiger partial charge >= 0.3 is 6.01 Å². The number of rotatable bonds is 6. The minimum absolute atomic E-state index is 0.208. The van der Waals surface area contributed by atoms with Crippen LogP contribution in [-0.2, 0) is 0 Å². The van der Waals surface area contributed by atoms with Crippen molar-refractivity contribution in [2.75, 3.05) is 43.6 Å². The smallest absolute Gasteiger partial charge is 0.322 e. The van der Waals surface area contributed by atoms with Crippen molar-refractivity contribution in [1.82, 2.24) is 15.0 Å². The molecular weight excluding hydrogens is 246 g/mol. The molecule has 1 saturated heterocycles. The van der Waals surface area contributed by atoms with Crippen LogP contribution in [0.2, 0.25) is 0 Å². The van der Waals surface area contributed by atoms with Crippen molar-refractivity contribution in [3.8, 4) is 6.01 Å². The van der Waals surface area contributed by atoms with Gasteiger partial charge in [0.05, 0.1) is 7.11 Å². The van der Waals surface area contributed by atoms with E-state index in [1.54, 1.807) is 7.11 Å². The van der Waals surface area contributed by atoms with Crippen molar-refractivity contribution in [2.45, 2.75) is 19.8 Å². The Labute approximate surface area is 113 Å². The molecule has 0 radical (unpaired) electrons. The van der Waals surface area contributed by atoms with Gasteiger partial charge in [0.1, 0.15) is 0 Å². The van der Waals surface area contributed by atoms with Gasteiger partial charge in [-0.15, -0.1) is 0 Å². The Balaban J connectivity index is 2.14. The second-order valence-electron chi connectivity index (χ2n) is 4.66. The van der Waals surface area contributed by atoms with E-state index in [9.17, 15) is 5.11 Å². The van der Waals surface area contributed by atoms with Gasteiger partial charge in [-0.3, -0.25) is 0 Å². The summed E-state index contributed by atoms with van der Waals surface area (Å²) >= 11 is 0. The van der Waals surface area contributed by atoms with E-state index in [2.05, 4.69) is 32.1 Å². The van der Waals surface area contributed by atoms with E-state index in [-0.39, 0.29) is 6.61 Å². The zero-order valence-electron chi connectivity index (χ0n) is 11.5. The molecule has 19 heavy (non-hydrogen) atoms. The molecule has 0 spiro atoms. The van der Waals surface area contributed by atoms with Crippen LogP contribution in [-0.4, -0.2) is 53.4 Å². The number of nitrogens with zero attached hydrogens (tertiary/aromatic N) is 4. The Kier molecular flexibility index (Phi) is 4.73. The first kappa shape index (κ1) is 13.8. The molecule has 106 valence electrons. The maximum Gasteiger partial charge on any atom is 0.322 e. The lowest BCUT2D eigenvalue weighted by Crippen LogP contribution is -2.24. The lowest BCUT2D eigenvalue weighted by molar-refractivity contribution is 0.238. The van der Waals surface area contributed by atoms with Crippen molar-refractivity contribution in [1.29, 1.82) is 0 Å². The summed E-state index contributed by atoms with van der Waals surface area (Å²) in [5.74, 6) is 1.45. The van der Waals surface area contributed by atoms with E-state index in [0.29, 0.717) is 23.8 Å². The number of aromatic nitrogens is 3. The molecule has 2 heterocycles. The predicted molar refractivity (Wildman–Crippen MR) is 72.6 cm³/mol. The fourth-order valence-electron chi connectivity index (χ4n) is 2.06. The molecule has 0 aliphatic carbocycles. The summed E-state index contributed by atoms with van der Waals surface area (Å²) in [6.45, 7) is 4.73. The quantitative estimate of drug-likeness (QED) is 0.777. The largest absolute Gasteiger partial charge is 0.467 e. The summed E-state index contributed by atoms with van der Waals surface area (Å²) in [7, 11) is 1.54. The van der Waals surface area contributed by atoms with Crippen molar-refractivity contribution in [3.63, 3.8) is 0 Å². The summed E-state index contributed by atoms with van der Waals surface area (Å²) < 4.78 is 5.11. The molecule has 0 saturated carbocycles. The van der Waals surface area contributed by atoms with Gasteiger partial charge in [0.25, 0.3) is 0 Å². The highest BCUT2D eigenvalue weighted by Gasteiger charge is 2.24. The monoisotopic (exact) mass is 267 g/mol. The molecule has 1 aromatic rings. The van der Waals surface area contributed by atoms with Crippen LogP contribution in [0, 0.1) is 5.92 Å². The van der Waals surface area contributed by atoms with Gasteiger partial charge in [0, 0.05) is 32.2 Å². The van der Waals surface area contributed by atoms with Gasteiger partial charge in [-0.05, 0) is 12.8 Å². The fraction of sp³-hybridized carbons (Fsp3) is 0.750. The first-order valence-electron chi connectivity index (χ1n) is 6.66. The van der Waals surface area contributed by atoms with E-state index >= 15 is 0 Å². The maximum absolute atomic E-state index is 9.19. The van der Waals surface area contributed by atoms with E-state index in [1.807, 2.05) is 0 Å². The normalized spacial score (nSPS) is 18.7. The third kappa shape index (κ3) is 3.44. The number of hydrogen-bond acceptors (Lipinski definition) is 7. The fourth-order valence-corrected chi connectivity index (χ4v) is 2.06. The Morgan fingerprint density at radius 2 is 2.26 bits per heavy atom. The van der Waals surface area contributed by atoms with Gasteiger partial charge < -0.3 is 20.1 Å². The third-order valence-corrected chi connectivity index (χ3v) is 3.15. The number of nitrogens with one attached hydrogen (secondary N) is 1. The third-order valence-electron chi connectivity index (χ3n) is 3.15. The van der Waals surface area contributed by atoms with Crippen LogP contribution in [0.25, 0.3) is 0 Å². The van der Waals surface area contributed by atoms with Crippen LogP contribution in [0.3, 0.4) is 0 Å². The number of methoxy groups -OCH3 is 1. The predicted octanol–water partition coefficient (Wildman–Crippen LogP) is 0.521. The van der Waals surface area contributed by atoms with E-state index < -0.39 is 0 Å². The number of ether oxygens (including phenoxy) is 1. The Hall–Kier alpha value is -1.63. The number of anilines is 2. The second-order valence-corrected chi connectivity index (χ2v) is 4.66. The van der Waals surface area contributed by atoms with Gasteiger partial charge in [0.15, 0.2) is 0 Å². The first-order valence-corrected chi connectivity index (χ1v) is 6.66. The van der Waals surface area contributed by atoms with Crippen molar-refractivity contribution in [2.24, 2.45) is 5.92 Å². The zero-order chi connectivity index (χ0) is 13.7. The molecule has 1 aliphatic heterocycles. The molecule has 7 nitrogen and oxygen atoms in total. The highest BCUT2D eigenvalue weighted by atomic mass is 16.5. The molecule has 1 aromatic heterocycles. The van der Waals surface area contributed by atoms with Crippen LogP contribution in [0.15, 0.2) is 0 Å². The Bertz CT molecular complexity index is 415. The maximum atomic E-state index is 9.19. The number of aliphatic hydroxyl groups is 1. The second kappa shape index (κ2) is 6.51. The highest BCUT2D eigenvalue weighted by Crippen LogP contribution is 2.22. The van der Waals surface area contributed by atoms with E-state index in [0.717, 1.165) is 32.5 Å². The summed E-state index contributed by atoms with van der Waals surface area (Å²) in [6, 6.07) is 0.316. The van der Waals surface area contributed by atoms with Crippen molar-refractivity contribution in [3.05, 3.63) is 0 Å². The van der Waals surface area contributed by atoms with Crippen LogP contribution in [0.5, 0.6) is 6.01 Å². The number of aliphatic hydroxyl groups excluding tert-OH is 1.